The Balaban J connectivity index is 1.58. The summed E-state index contributed by atoms with van der Waals surface area (Å²) in [6.07, 6.45) is 3.63. The van der Waals surface area contributed by atoms with Crippen LogP contribution < -0.4 is 10.6 Å². The predicted molar refractivity (Wildman–Crippen MR) is 108 cm³/mol. The smallest absolute Gasteiger partial charge is 0.244 e. The number of anilines is 1. The van der Waals surface area contributed by atoms with Crippen molar-refractivity contribution in [2.75, 3.05) is 11.9 Å². The molecule has 2 aromatic heterocycles. The Morgan fingerprint density at radius 1 is 1.11 bits per heavy atom. The van der Waals surface area contributed by atoms with Gasteiger partial charge >= 0.3 is 0 Å². The predicted octanol–water partition coefficient (Wildman–Crippen LogP) is 3.02. The van der Waals surface area contributed by atoms with Crippen molar-refractivity contribution in [1.29, 1.82) is 0 Å². The second kappa shape index (κ2) is 7.59. The highest BCUT2D eigenvalue weighted by Gasteiger charge is 2.41. The lowest BCUT2D eigenvalue weighted by Gasteiger charge is -2.26. The number of hydrogen-bond donors (Lipinski definition) is 3. The number of benzene rings is 1. The molecule has 1 aromatic carbocycles. The molecule has 2 atom stereocenters. The van der Waals surface area contributed by atoms with Gasteiger partial charge in [-0.3, -0.25) is 9.78 Å². The first-order chi connectivity index (χ1) is 13.2. The van der Waals surface area contributed by atoms with Crippen LogP contribution in [0, 0.1) is 0 Å². The Morgan fingerprint density at radius 2 is 1.93 bits per heavy atom. The van der Waals surface area contributed by atoms with Gasteiger partial charge in [-0.2, -0.15) is 0 Å². The topological polar surface area (TPSA) is 73.0 Å². The molecule has 3 heterocycles. The van der Waals surface area contributed by atoms with Crippen molar-refractivity contribution < 1.29 is 4.79 Å². The molecule has 3 N–H and O–H groups in total. The molecule has 4 rings (SSSR count). The lowest BCUT2D eigenvalue weighted by molar-refractivity contribution is -0.116. The molecule has 7 heteroatoms. The molecule has 0 bridgehead atoms. The van der Waals surface area contributed by atoms with E-state index in [2.05, 4.69) is 20.6 Å². The Hall–Kier alpha value is -3.19. The summed E-state index contributed by atoms with van der Waals surface area (Å²) >= 11 is 5.54. The molecule has 0 saturated carbocycles. The molecule has 0 spiro atoms. The molecule has 27 heavy (non-hydrogen) atoms. The number of rotatable bonds is 5. The lowest BCUT2D eigenvalue weighted by Crippen LogP contribution is -2.37. The molecule has 0 radical (unpaired) electrons. The normalized spacial score (nSPS) is 19.0. The number of para-hydroxylation sites is 1. The van der Waals surface area contributed by atoms with Gasteiger partial charge in [0.1, 0.15) is 6.54 Å². The number of aromatic nitrogens is 2. The molecule has 1 amide bonds. The van der Waals surface area contributed by atoms with Gasteiger partial charge < -0.3 is 20.5 Å². The summed E-state index contributed by atoms with van der Waals surface area (Å²) in [6.45, 7) is 0.147. The monoisotopic (exact) mass is 377 g/mol. The molecular weight excluding hydrogens is 358 g/mol. The van der Waals surface area contributed by atoms with E-state index in [0.29, 0.717) is 5.11 Å². The number of pyridine rings is 1. The molecule has 136 valence electrons. The van der Waals surface area contributed by atoms with Gasteiger partial charge in [0.15, 0.2) is 5.11 Å². The molecule has 0 unspecified atom stereocenters. The minimum Gasteiger partial charge on any atom is -0.363 e. The van der Waals surface area contributed by atoms with E-state index in [0.717, 1.165) is 17.1 Å². The zero-order valence-electron chi connectivity index (χ0n) is 14.5. The van der Waals surface area contributed by atoms with E-state index in [9.17, 15) is 4.79 Å². The minimum absolute atomic E-state index is 0.122. The average Bonchev–Trinajstić information content (AvgIpc) is 3.32. The van der Waals surface area contributed by atoms with Crippen LogP contribution in [-0.2, 0) is 4.79 Å². The number of H-pyrrole nitrogens is 1. The Labute approximate surface area is 162 Å². The molecule has 1 aliphatic heterocycles. The van der Waals surface area contributed by atoms with E-state index in [-0.39, 0.29) is 24.5 Å². The van der Waals surface area contributed by atoms with Crippen molar-refractivity contribution in [2.24, 2.45) is 0 Å². The minimum atomic E-state index is -0.149. The SMILES string of the molecule is O=C(CN1C(=S)N[C@H](c2ccccn2)[C@@H]1c1ccc[nH]1)Nc1ccccc1. The third kappa shape index (κ3) is 3.68. The number of thiocarbonyl (C=S) groups is 1. The highest BCUT2D eigenvalue weighted by molar-refractivity contribution is 7.80. The maximum absolute atomic E-state index is 12.6. The Bertz CT molecular complexity index is 914. The molecular formula is C20H19N5OS. The number of nitrogens with zero attached hydrogens (tertiary/aromatic N) is 2. The van der Waals surface area contributed by atoms with Crippen molar-refractivity contribution in [3.8, 4) is 0 Å². The number of nitrogens with one attached hydrogen (secondary N) is 3. The quantitative estimate of drug-likeness (QED) is 0.596. The molecule has 1 saturated heterocycles. The Kier molecular flexibility index (Phi) is 4.84. The number of hydrogen-bond acceptors (Lipinski definition) is 3. The van der Waals surface area contributed by atoms with Gasteiger partial charge in [-0.05, 0) is 48.6 Å². The third-order valence-corrected chi connectivity index (χ3v) is 4.86. The van der Waals surface area contributed by atoms with Crippen LogP contribution >= 0.6 is 12.2 Å². The van der Waals surface area contributed by atoms with Crippen LogP contribution in [0.25, 0.3) is 0 Å². The van der Waals surface area contributed by atoms with Gasteiger partial charge in [-0.1, -0.05) is 24.3 Å². The summed E-state index contributed by atoms with van der Waals surface area (Å²) in [6, 6.07) is 18.8. The summed E-state index contributed by atoms with van der Waals surface area (Å²) in [4.78, 5) is 22.2. The van der Waals surface area contributed by atoms with Crippen molar-refractivity contribution in [1.82, 2.24) is 20.2 Å². The zero-order valence-corrected chi connectivity index (χ0v) is 15.3. The summed E-state index contributed by atoms with van der Waals surface area (Å²) in [5.74, 6) is -0.122. The van der Waals surface area contributed by atoms with Crippen LogP contribution in [0.15, 0.2) is 73.1 Å². The highest BCUT2D eigenvalue weighted by Crippen LogP contribution is 2.37. The lowest BCUT2D eigenvalue weighted by atomic mass is 10.0. The third-order valence-electron chi connectivity index (χ3n) is 4.51. The van der Waals surface area contributed by atoms with E-state index < -0.39 is 0 Å². The van der Waals surface area contributed by atoms with Gasteiger partial charge in [0.25, 0.3) is 0 Å². The molecule has 3 aromatic rings. The zero-order chi connectivity index (χ0) is 18.6. The van der Waals surface area contributed by atoms with Gasteiger partial charge in [-0.25, -0.2) is 0 Å². The Morgan fingerprint density at radius 3 is 2.63 bits per heavy atom. The van der Waals surface area contributed by atoms with Crippen LogP contribution in [0.4, 0.5) is 5.69 Å². The van der Waals surface area contributed by atoms with Crippen LogP contribution in [0.1, 0.15) is 23.5 Å². The maximum Gasteiger partial charge on any atom is 0.244 e. The van der Waals surface area contributed by atoms with Gasteiger partial charge in [0.05, 0.1) is 17.8 Å². The van der Waals surface area contributed by atoms with E-state index in [1.807, 2.05) is 71.8 Å². The van der Waals surface area contributed by atoms with Crippen molar-refractivity contribution in [3.63, 3.8) is 0 Å². The summed E-state index contributed by atoms with van der Waals surface area (Å²) < 4.78 is 0. The molecule has 1 fully saturated rings. The van der Waals surface area contributed by atoms with Crippen LogP contribution in [-0.4, -0.2) is 32.4 Å². The number of carbonyl (C=O) groups excluding carboxylic acids is 1. The van der Waals surface area contributed by atoms with Crippen molar-refractivity contribution >= 4 is 28.9 Å². The highest BCUT2D eigenvalue weighted by atomic mass is 32.1. The number of aromatic amines is 1. The maximum atomic E-state index is 12.6. The standard InChI is InChI=1S/C20H19N5OS/c26-17(23-14-7-2-1-3-8-14)13-25-19(16-10-6-12-22-16)18(24-20(25)27)15-9-4-5-11-21-15/h1-12,18-19,22H,13H2,(H,23,26)(H,24,27)/t18-,19+/m1/s1. The first-order valence-electron chi connectivity index (χ1n) is 8.68. The van der Waals surface area contributed by atoms with Crippen LogP contribution in [0.2, 0.25) is 0 Å². The summed E-state index contributed by atoms with van der Waals surface area (Å²) in [7, 11) is 0. The number of amides is 1. The average molecular weight is 377 g/mol. The second-order valence-electron chi connectivity index (χ2n) is 6.29. The van der Waals surface area contributed by atoms with E-state index in [1.165, 1.54) is 0 Å². The summed E-state index contributed by atoms with van der Waals surface area (Å²) in [5, 5.41) is 6.77. The van der Waals surface area contributed by atoms with Crippen molar-refractivity contribution in [2.45, 2.75) is 12.1 Å². The van der Waals surface area contributed by atoms with E-state index in [1.54, 1.807) is 6.20 Å². The molecule has 1 aliphatic rings. The van der Waals surface area contributed by atoms with Gasteiger partial charge in [0.2, 0.25) is 5.91 Å². The van der Waals surface area contributed by atoms with Crippen LogP contribution in [0.3, 0.4) is 0 Å². The van der Waals surface area contributed by atoms with E-state index in [4.69, 9.17) is 12.2 Å². The fourth-order valence-electron chi connectivity index (χ4n) is 3.32. The van der Waals surface area contributed by atoms with E-state index >= 15 is 0 Å². The second-order valence-corrected chi connectivity index (χ2v) is 6.68. The fourth-order valence-corrected chi connectivity index (χ4v) is 3.62. The summed E-state index contributed by atoms with van der Waals surface area (Å²) in [5.41, 5.74) is 2.62. The first-order valence-corrected chi connectivity index (χ1v) is 9.09. The molecule has 6 nitrogen and oxygen atoms in total. The van der Waals surface area contributed by atoms with Gasteiger partial charge in [-0.15, -0.1) is 0 Å². The first kappa shape index (κ1) is 17.2. The fraction of sp³-hybridized carbons (Fsp3) is 0.150. The van der Waals surface area contributed by atoms with Gasteiger partial charge in [0, 0.05) is 23.8 Å². The largest absolute Gasteiger partial charge is 0.363 e. The molecule has 0 aliphatic carbocycles. The van der Waals surface area contributed by atoms with Crippen molar-refractivity contribution in [3.05, 3.63) is 84.4 Å². The number of carbonyl (C=O) groups is 1. The van der Waals surface area contributed by atoms with Crippen LogP contribution in [0.5, 0.6) is 0 Å².